The number of halogens is 1. The molecule has 0 unspecified atom stereocenters. The quantitative estimate of drug-likeness (QED) is 0.455. The summed E-state index contributed by atoms with van der Waals surface area (Å²) in [5.74, 6) is 1.55. The van der Waals surface area contributed by atoms with Crippen LogP contribution in [0.25, 0.3) is 0 Å². The molecule has 122 valence electrons. The number of benzene rings is 1. The lowest BCUT2D eigenvalue weighted by Crippen LogP contribution is -2.13. The average Bonchev–Trinajstić information content (AvgIpc) is 2.57. The van der Waals surface area contributed by atoms with Gasteiger partial charge in [0.15, 0.2) is 0 Å². The molecule has 0 bridgehead atoms. The summed E-state index contributed by atoms with van der Waals surface area (Å²) in [6, 6.07) is 9.39. The Bertz CT molecular complexity index is 424. The van der Waals surface area contributed by atoms with Crippen molar-refractivity contribution in [2.24, 2.45) is 5.92 Å². The lowest BCUT2D eigenvalue weighted by molar-refractivity contribution is 0.311. The number of rotatable bonds is 8. The smallest absolute Gasteiger partial charge is 0.0827 e. The van der Waals surface area contributed by atoms with Crippen LogP contribution in [0.1, 0.15) is 81.8 Å². The lowest BCUT2D eigenvalue weighted by Gasteiger charge is -2.28. The molecule has 0 aromatic heterocycles. The molecule has 1 aliphatic rings. The SMILES string of the molecule is CCCCCc1ccc([C@H]2CC[C@H](CC/C=C/F)CC2)cc1. The van der Waals surface area contributed by atoms with Gasteiger partial charge in [-0.25, -0.2) is 4.39 Å². The topological polar surface area (TPSA) is 0 Å². The van der Waals surface area contributed by atoms with Gasteiger partial charge < -0.3 is 0 Å². The molecule has 0 atom stereocenters. The van der Waals surface area contributed by atoms with E-state index in [0.717, 1.165) is 24.7 Å². The molecule has 22 heavy (non-hydrogen) atoms. The maximum Gasteiger partial charge on any atom is 0.0827 e. The predicted octanol–water partition coefficient (Wildman–Crippen LogP) is 6.96. The molecule has 1 heteroatoms. The van der Waals surface area contributed by atoms with Crippen molar-refractivity contribution in [3.63, 3.8) is 0 Å². The van der Waals surface area contributed by atoms with E-state index in [9.17, 15) is 4.39 Å². The van der Waals surface area contributed by atoms with Crippen molar-refractivity contribution in [2.75, 3.05) is 0 Å². The van der Waals surface area contributed by atoms with Gasteiger partial charge >= 0.3 is 0 Å². The zero-order chi connectivity index (χ0) is 15.6. The van der Waals surface area contributed by atoms with Crippen molar-refractivity contribution < 1.29 is 4.39 Å². The van der Waals surface area contributed by atoms with Crippen LogP contribution in [0.3, 0.4) is 0 Å². The zero-order valence-electron chi connectivity index (χ0n) is 14.1. The fourth-order valence-corrected chi connectivity index (χ4v) is 3.71. The minimum atomic E-state index is 0.688. The minimum Gasteiger partial charge on any atom is -0.216 e. The maximum absolute atomic E-state index is 12.0. The van der Waals surface area contributed by atoms with Crippen molar-refractivity contribution in [1.29, 1.82) is 0 Å². The summed E-state index contributed by atoms with van der Waals surface area (Å²) in [5.41, 5.74) is 3.02. The summed E-state index contributed by atoms with van der Waals surface area (Å²) in [7, 11) is 0. The first-order valence-corrected chi connectivity index (χ1v) is 9.17. The molecule has 1 fully saturated rings. The Balaban J connectivity index is 1.76. The van der Waals surface area contributed by atoms with E-state index in [0.29, 0.717) is 6.33 Å². The van der Waals surface area contributed by atoms with Crippen LogP contribution in [-0.2, 0) is 6.42 Å². The van der Waals surface area contributed by atoms with E-state index < -0.39 is 0 Å². The van der Waals surface area contributed by atoms with Crippen LogP contribution >= 0.6 is 0 Å². The van der Waals surface area contributed by atoms with Crippen LogP contribution in [0.5, 0.6) is 0 Å². The molecule has 0 nitrogen and oxygen atoms in total. The maximum atomic E-state index is 12.0. The summed E-state index contributed by atoms with van der Waals surface area (Å²) in [4.78, 5) is 0. The average molecular weight is 302 g/mol. The first-order chi connectivity index (χ1) is 10.8. The van der Waals surface area contributed by atoms with Gasteiger partial charge in [-0.2, -0.15) is 0 Å². The molecule has 0 amide bonds. The summed E-state index contributed by atoms with van der Waals surface area (Å²) in [5, 5.41) is 0. The zero-order valence-corrected chi connectivity index (χ0v) is 14.1. The summed E-state index contributed by atoms with van der Waals surface area (Å²) < 4.78 is 12.0. The van der Waals surface area contributed by atoms with Gasteiger partial charge in [0.2, 0.25) is 0 Å². The van der Waals surface area contributed by atoms with Crippen molar-refractivity contribution in [2.45, 2.75) is 77.0 Å². The summed E-state index contributed by atoms with van der Waals surface area (Å²) in [6.07, 6.45) is 14.8. The van der Waals surface area contributed by atoms with Gasteiger partial charge in [0.25, 0.3) is 0 Å². The normalized spacial score (nSPS) is 22.3. The molecule has 0 N–H and O–H groups in total. The second-order valence-electron chi connectivity index (χ2n) is 6.86. The second kappa shape index (κ2) is 9.82. The van der Waals surface area contributed by atoms with Crippen LogP contribution in [0.2, 0.25) is 0 Å². The van der Waals surface area contributed by atoms with Gasteiger partial charge in [0.1, 0.15) is 0 Å². The van der Waals surface area contributed by atoms with E-state index in [1.54, 1.807) is 6.08 Å². The second-order valence-corrected chi connectivity index (χ2v) is 6.86. The van der Waals surface area contributed by atoms with Gasteiger partial charge in [-0.3, -0.25) is 0 Å². The van der Waals surface area contributed by atoms with Gasteiger partial charge in [0.05, 0.1) is 6.33 Å². The van der Waals surface area contributed by atoms with Crippen LogP contribution in [0.15, 0.2) is 36.7 Å². The molecular formula is C21H31F. The number of aryl methyl sites for hydroxylation is 1. The standard InChI is InChI=1S/C21H31F/c1-2-3-4-7-18-9-13-20(14-10-18)21-15-11-19(12-16-21)8-5-6-17-22/h6,9-10,13-14,17,19,21H,2-5,7-8,11-12,15-16H2,1H3/b17-6+/t19-,21-. The van der Waals surface area contributed by atoms with E-state index >= 15 is 0 Å². The third-order valence-corrected chi connectivity index (χ3v) is 5.20. The molecule has 0 radical (unpaired) electrons. The van der Waals surface area contributed by atoms with Crippen molar-refractivity contribution in [3.8, 4) is 0 Å². The highest BCUT2D eigenvalue weighted by molar-refractivity contribution is 5.25. The molecule has 1 aromatic rings. The Morgan fingerprint density at radius 1 is 1.05 bits per heavy atom. The van der Waals surface area contributed by atoms with E-state index in [1.165, 1.54) is 62.5 Å². The lowest BCUT2D eigenvalue weighted by atomic mass is 9.77. The Morgan fingerprint density at radius 3 is 2.41 bits per heavy atom. The Labute approximate surface area is 135 Å². The fraction of sp³-hybridized carbons (Fsp3) is 0.619. The molecule has 0 aliphatic heterocycles. The molecule has 1 aromatic carbocycles. The van der Waals surface area contributed by atoms with Crippen LogP contribution in [0, 0.1) is 5.92 Å². The molecule has 2 rings (SSSR count). The van der Waals surface area contributed by atoms with Crippen LogP contribution in [0.4, 0.5) is 4.39 Å². The number of allylic oxidation sites excluding steroid dienone is 1. The van der Waals surface area contributed by atoms with Gasteiger partial charge in [-0.15, -0.1) is 0 Å². The van der Waals surface area contributed by atoms with E-state index in [-0.39, 0.29) is 0 Å². The monoisotopic (exact) mass is 302 g/mol. The van der Waals surface area contributed by atoms with Crippen molar-refractivity contribution >= 4 is 0 Å². The summed E-state index contributed by atoms with van der Waals surface area (Å²) in [6.45, 7) is 2.26. The predicted molar refractivity (Wildman–Crippen MR) is 93.9 cm³/mol. The first kappa shape index (κ1) is 17.2. The molecule has 1 saturated carbocycles. The molecule has 1 aliphatic carbocycles. The van der Waals surface area contributed by atoms with E-state index in [1.807, 2.05) is 0 Å². The third kappa shape index (κ3) is 5.59. The number of unbranched alkanes of at least 4 members (excludes halogenated alkanes) is 2. The van der Waals surface area contributed by atoms with Gasteiger partial charge in [-0.1, -0.05) is 50.1 Å². The Kier molecular flexibility index (Phi) is 7.70. The molecule has 0 saturated heterocycles. The third-order valence-electron chi connectivity index (χ3n) is 5.20. The van der Waals surface area contributed by atoms with E-state index in [4.69, 9.17) is 0 Å². The van der Waals surface area contributed by atoms with E-state index in [2.05, 4.69) is 31.2 Å². The minimum absolute atomic E-state index is 0.688. The highest BCUT2D eigenvalue weighted by atomic mass is 19.1. The highest BCUT2D eigenvalue weighted by Gasteiger charge is 2.21. The Hall–Kier alpha value is -1.11. The van der Waals surface area contributed by atoms with Crippen LogP contribution in [-0.4, -0.2) is 0 Å². The summed E-state index contributed by atoms with van der Waals surface area (Å²) >= 11 is 0. The van der Waals surface area contributed by atoms with Crippen molar-refractivity contribution in [3.05, 3.63) is 47.8 Å². The van der Waals surface area contributed by atoms with Gasteiger partial charge in [0, 0.05) is 0 Å². The Morgan fingerprint density at radius 2 is 1.77 bits per heavy atom. The van der Waals surface area contributed by atoms with Crippen molar-refractivity contribution in [1.82, 2.24) is 0 Å². The first-order valence-electron chi connectivity index (χ1n) is 9.17. The largest absolute Gasteiger partial charge is 0.216 e. The fourth-order valence-electron chi connectivity index (χ4n) is 3.71. The van der Waals surface area contributed by atoms with Gasteiger partial charge in [-0.05, 0) is 74.3 Å². The molecular weight excluding hydrogens is 271 g/mol. The number of hydrogen-bond donors (Lipinski definition) is 0. The highest BCUT2D eigenvalue weighted by Crippen LogP contribution is 2.37. The number of hydrogen-bond acceptors (Lipinski definition) is 0. The van der Waals surface area contributed by atoms with Crippen LogP contribution < -0.4 is 0 Å². The molecule has 0 heterocycles. The molecule has 0 spiro atoms.